The Morgan fingerprint density at radius 3 is 2.40 bits per heavy atom. The van der Waals surface area contributed by atoms with Gasteiger partial charge in [-0.25, -0.2) is 9.78 Å². The molecule has 4 aromatic rings. The summed E-state index contributed by atoms with van der Waals surface area (Å²) in [5.74, 6) is -0.583. The number of pyridine rings is 2. The van der Waals surface area contributed by atoms with Gasteiger partial charge in [0.05, 0.1) is 12.1 Å². The summed E-state index contributed by atoms with van der Waals surface area (Å²) in [6.45, 7) is -0.183. The summed E-state index contributed by atoms with van der Waals surface area (Å²) in [4.78, 5) is 46.5. The fraction of sp³-hybridized carbons (Fsp3) is 0.136. The molecule has 0 aliphatic rings. The van der Waals surface area contributed by atoms with Crippen LogP contribution in [0.5, 0.6) is 0 Å². The van der Waals surface area contributed by atoms with Crippen LogP contribution in [0.3, 0.4) is 0 Å². The van der Waals surface area contributed by atoms with Crippen LogP contribution in [0, 0.1) is 0 Å². The highest BCUT2D eigenvalue weighted by Gasteiger charge is 2.17. The van der Waals surface area contributed by atoms with E-state index in [1.807, 2.05) is 30.3 Å². The second-order valence-corrected chi connectivity index (χ2v) is 6.63. The minimum absolute atomic E-state index is 0.0474. The molecule has 8 heteroatoms. The number of hydrogen-bond acceptors (Lipinski definition) is 6. The van der Waals surface area contributed by atoms with Crippen molar-refractivity contribution in [3.05, 3.63) is 105 Å². The van der Waals surface area contributed by atoms with Crippen LogP contribution in [0.2, 0.25) is 0 Å². The van der Waals surface area contributed by atoms with E-state index >= 15 is 0 Å². The summed E-state index contributed by atoms with van der Waals surface area (Å²) in [5.41, 5.74) is 0.859. The van der Waals surface area contributed by atoms with Crippen molar-refractivity contribution < 1.29 is 9.53 Å². The summed E-state index contributed by atoms with van der Waals surface area (Å²) < 4.78 is 7.59. The molecule has 0 bridgehead atoms. The molecule has 0 N–H and O–H groups in total. The first kappa shape index (κ1) is 19.3. The fourth-order valence-electron chi connectivity index (χ4n) is 3.12. The highest BCUT2D eigenvalue weighted by atomic mass is 16.5. The Morgan fingerprint density at radius 1 is 0.867 bits per heavy atom. The van der Waals surface area contributed by atoms with Gasteiger partial charge < -0.3 is 4.74 Å². The van der Waals surface area contributed by atoms with Gasteiger partial charge in [0.1, 0.15) is 13.2 Å². The molecule has 3 heterocycles. The van der Waals surface area contributed by atoms with E-state index in [0.717, 1.165) is 15.7 Å². The van der Waals surface area contributed by atoms with E-state index < -0.39 is 17.2 Å². The number of carbonyl (C=O) groups excluding carboxylic acids is 1. The number of ether oxygens (including phenoxy) is 1. The lowest BCUT2D eigenvalue weighted by Gasteiger charge is -2.13. The van der Waals surface area contributed by atoms with Crippen LogP contribution in [-0.4, -0.2) is 25.1 Å². The second kappa shape index (κ2) is 8.52. The van der Waals surface area contributed by atoms with Crippen molar-refractivity contribution in [2.24, 2.45) is 0 Å². The van der Waals surface area contributed by atoms with Crippen LogP contribution in [0.4, 0.5) is 0 Å². The molecule has 30 heavy (non-hydrogen) atoms. The van der Waals surface area contributed by atoms with Crippen molar-refractivity contribution in [3.8, 4) is 0 Å². The Morgan fingerprint density at radius 2 is 1.63 bits per heavy atom. The Labute approximate surface area is 171 Å². The van der Waals surface area contributed by atoms with Crippen LogP contribution in [0.1, 0.15) is 11.1 Å². The van der Waals surface area contributed by atoms with Gasteiger partial charge in [0.2, 0.25) is 0 Å². The molecule has 3 aromatic heterocycles. The van der Waals surface area contributed by atoms with Crippen molar-refractivity contribution in [2.75, 3.05) is 0 Å². The summed E-state index contributed by atoms with van der Waals surface area (Å²) in [6.07, 6.45) is 4.64. The topological polar surface area (TPSA) is 96.1 Å². The van der Waals surface area contributed by atoms with Gasteiger partial charge in [0, 0.05) is 18.6 Å². The number of hydrogen-bond donors (Lipinski definition) is 0. The van der Waals surface area contributed by atoms with Crippen molar-refractivity contribution in [1.82, 2.24) is 19.1 Å². The third-order valence-electron chi connectivity index (χ3n) is 4.61. The fourth-order valence-corrected chi connectivity index (χ4v) is 3.12. The van der Waals surface area contributed by atoms with Gasteiger partial charge in [-0.05, 0) is 35.4 Å². The van der Waals surface area contributed by atoms with Crippen molar-refractivity contribution in [2.45, 2.75) is 19.7 Å². The van der Waals surface area contributed by atoms with Crippen LogP contribution in [-0.2, 0) is 29.2 Å². The maximum absolute atomic E-state index is 13.1. The van der Waals surface area contributed by atoms with Crippen LogP contribution in [0.25, 0.3) is 11.0 Å². The lowest BCUT2D eigenvalue weighted by Crippen LogP contribution is -2.41. The largest absolute Gasteiger partial charge is 0.459 e. The number of carbonyl (C=O) groups is 1. The minimum atomic E-state index is -0.603. The molecule has 150 valence electrons. The predicted molar refractivity (Wildman–Crippen MR) is 110 cm³/mol. The Kier molecular flexibility index (Phi) is 5.47. The normalized spacial score (nSPS) is 10.8. The first-order chi connectivity index (χ1) is 14.6. The molecule has 0 unspecified atom stereocenters. The summed E-state index contributed by atoms with van der Waals surface area (Å²) >= 11 is 0. The summed E-state index contributed by atoms with van der Waals surface area (Å²) in [6, 6.07) is 15.9. The lowest BCUT2D eigenvalue weighted by molar-refractivity contribution is -0.145. The van der Waals surface area contributed by atoms with Gasteiger partial charge in [-0.2, -0.15) is 0 Å². The van der Waals surface area contributed by atoms with Crippen LogP contribution < -0.4 is 11.2 Å². The third-order valence-corrected chi connectivity index (χ3v) is 4.61. The molecule has 0 fully saturated rings. The van der Waals surface area contributed by atoms with Gasteiger partial charge in [-0.15, -0.1) is 0 Å². The number of aromatic nitrogens is 4. The average Bonchev–Trinajstić information content (AvgIpc) is 2.79. The number of esters is 1. The quantitative estimate of drug-likeness (QED) is 0.456. The first-order valence-corrected chi connectivity index (χ1v) is 9.30. The van der Waals surface area contributed by atoms with Crippen molar-refractivity contribution in [1.29, 1.82) is 0 Å². The number of nitrogens with zero attached hydrogens (tertiary/aromatic N) is 4. The molecule has 1 aromatic carbocycles. The smallest absolute Gasteiger partial charge is 0.332 e. The van der Waals surface area contributed by atoms with Crippen LogP contribution in [0.15, 0.2) is 82.8 Å². The lowest BCUT2D eigenvalue weighted by atomic mass is 10.2. The Bertz CT molecular complexity index is 1300. The molecule has 4 rings (SSSR count). The summed E-state index contributed by atoms with van der Waals surface area (Å²) in [5, 5.41) is 0. The number of benzene rings is 1. The number of rotatable bonds is 6. The van der Waals surface area contributed by atoms with Crippen molar-refractivity contribution in [3.63, 3.8) is 0 Å². The van der Waals surface area contributed by atoms with Gasteiger partial charge in [0.15, 0.2) is 5.52 Å². The van der Waals surface area contributed by atoms with Crippen LogP contribution >= 0.6 is 0 Å². The molecule has 0 atom stereocenters. The van der Waals surface area contributed by atoms with Gasteiger partial charge in [-0.1, -0.05) is 30.3 Å². The van der Waals surface area contributed by atoms with Gasteiger partial charge in [0.25, 0.3) is 5.56 Å². The van der Waals surface area contributed by atoms with Gasteiger partial charge in [-0.3, -0.25) is 23.7 Å². The van der Waals surface area contributed by atoms with E-state index in [-0.39, 0.29) is 30.7 Å². The zero-order valence-corrected chi connectivity index (χ0v) is 16.0. The molecule has 0 saturated carbocycles. The molecule has 0 saturated heterocycles. The van der Waals surface area contributed by atoms with E-state index in [4.69, 9.17) is 4.74 Å². The first-order valence-electron chi connectivity index (χ1n) is 9.30. The molecule has 0 aliphatic carbocycles. The average molecular weight is 402 g/mol. The molecular weight excluding hydrogens is 384 g/mol. The standard InChI is InChI=1S/C22H18N4O4/c27-19(30-15-17-5-2-1-3-6-17)14-25-18-7-4-10-24-20(18)21(28)26(22(25)29)13-16-8-11-23-12-9-16/h1-12H,13-15H2. The SMILES string of the molecule is O=C(Cn1c(=O)n(Cc2ccncc2)c(=O)c2ncccc21)OCc1ccccc1. The number of fused-ring (bicyclic) bond motifs is 1. The highest BCUT2D eigenvalue weighted by Crippen LogP contribution is 2.07. The van der Waals surface area contributed by atoms with Gasteiger partial charge >= 0.3 is 11.7 Å². The molecule has 0 spiro atoms. The zero-order valence-electron chi connectivity index (χ0n) is 16.0. The molecule has 8 nitrogen and oxygen atoms in total. The Balaban J connectivity index is 1.69. The maximum Gasteiger partial charge on any atom is 0.332 e. The van der Waals surface area contributed by atoms with E-state index in [1.165, 1.54) is 10.8 Å². The maximum atomic E-state index is 13.1. The predicted octanol–water partition coefficient (Wildman–Crippen LogP) is 1.74. The summed E-state index contributed by atoms with van der Waals surface area (Å²) in [7, 11) is 0. The second-order valence-electron chi connectivity index (χ2n) is 6.63. The van der Waals surface area contributed by atoms with Crippen molar-refractivity contribution >= 4 is 17.0 Å². The van der Waals surface area contributed by atoms with E-state index in [2.05, 4.69) is 9.97 Å². The molecular formula is C22H18N4O4. The molecule has 0 radical (unpaired) electrons. The monoisotopic (exact) mass is 402 g/mol. The molecule has 0 amide bonds. The minimum Gasteiger partial charge on any atom is -0.459 e. The van der Waals surface area contributed by atoms with E-state index in [1.54, 1.807) is 36.7 Å². The van der Waals surface area contributed by atoms with E-state index in [9.17, 15) is 14.4 Å². The third kappa shape index (κ3) is 4.02. The zero-order chi connectivity index (χ0) is 20.9. The highest BCUT2D eigenvalue weighted by molar-refractivity contribution is 5.76. The molecule has 0 aliphatic heterocycles. The Hall–Kier alpha value is -4.07. The van der Waals surface area contributed by atoms with E-state index in [0.29, 0.717) is 0 Å².